The molecule has 1 aliphatic heterocycles. The summed E-state index contributed by atoms with van der Waals surface area (Å²) in [6.45, 7) is 4.52. The van der Waals surface area contributed by atoms with Gasteiger partial charge in [-0.3, -0.25) is 4.72 Å². The Balaban J connectivity index is 1.92. The van der Waals surface area contributed by atoms with Crippen molar-refractivity contribution in [1.29, 1.82) is 0 Å². The molecule has 9 heteroatoms. The van der Waals surface area contributed by atoms with Crippen LogP contribution in [0.4, 0.5) is 10.1 Å². The quantitative estimate of drug-likeness (QED) is 0.623. The highest BCUT2D eigenvalue weighted by Crippen LogP contribution is 2.38. The van der Waals surface area contributed by atoms with Crippen LogP contribution in [0.15, 0.2) is 29.8 Å². The van der Waals surface area contributed by atoms with Gasteiger partial charge in [-0.05, 0) is 56.0 Å². The van der Waals surface area contributed by atoms with E-state index in [1.54, 1.807) is 6.92 Å². The zero-order valence-corrected chi connectivity index (χ0v) is 18.1. The number of unbranched alkanes of at least 4 members (excludes halogenated alkanes) is 1. The number of nitrogens with one attached hydrogen (secondary N) is 1. The van der Waals surface area contributed by atoms with Gasteiger partial charge in [-0.2, -0.15) is 0 Å². The molecule has 1 spiro atoms. The number of aryl methyl sites for hydroxylation is 1. The molecule has 2 aliphatic rings. The molecular formula is C21H28FNO6S. The molecule has 1 aromatic rings. The molecule has 1 aliphatic carbocycles. The standard InChI is InChI=1S/C21H28FNO6S/c1-3-5-6-15-13-16(22)7-8-18(15)23-30(25,26)19-9-10-21(28-11-12-29-21)14-17(19)20(24)27-4-2/h7-8,13-14,19,23H,3-6,9-12H2,1-2H3. The second-order valence-corrected chi connectivity index (χ2v) is 9.27. The average molecular weight is 442 g/mol. The van der Waals surface area contributed by atoms with E-state index in [1.165, 1.54) is 24.3 Å². The van der Waals surface area contributed by atoms with Crippen molar-refractivity contribution in [2.24, 2.45) is 0 Å². The summed E-state index contributed by atoms with van der Waals surface area (Å²) in [6.07, 6.45) is 4.10. The van der Waals surface area contributed by atoms with E-state index in [0.29, 0.717) is 37.3 Å². The first kappa shape index (κ1) is 22.7. The molecule has 7 nitrogen and oxygen atoms in total. The first-order valence-electron chi connectivity index (χ1n) is 10.3. The lowest BCUT2D eigenvalue weighted by atomic mass is 9.94. The van der Waals surface area contributed by atoms with Gasteiger partial charge in [-0.15, -0.1) is 0 Å². The molecule has 1 heterocycles. The normalized spacial score (nSPS) is 20.8. The summed E-state index contributed by atoms with van der Waals surface area (Å²) in [6, 6.07) is 3.97. The number of halogens is 1. The molecule has 0 saturated carbocycles. The van der Waals surface area contributed by atoms with Crippen molar-refractivity contribution in [2.45, 2.75) is 57.0 Å². The molecule has 30 heavy (non-hydrogen) atoms. The monoisotopic (exact) mass is 441 g/mol. The summed E-state index contributed by atoms with van der Waals surface area (Å²) in [5.41, 5.74) is 0.897. The molecule has 0 bridgehead atoms. The molecule has 1 aromatic carbocycles. The van der Waals surface area contributed by atoms with Crippen molar-refractivity contribution >= 4 is 21.7 Å². The van der Waals surface area contributed by atoms with Gasteiger partial charge in [0.25, 0.3) is 0 Å². The maximum Gasteiger partial charge on any atom is 0.335 e. The second kappa shape index (κ2) is 9.45. The Morgan fingerprint density at radius 1 is 1.30 bits per heavy atom. The Labute approximate surface area is 176 Å². The van der Waals surface area contributed by atoms with Crippen LogP contribution < -0.4 is 4.72 Å². The lowest BCUT2D eigenvalue weighted by Crippen LogP contribution is -2.42. The molecule has 1 saturated heterocycles. The number of carbonyl (C=O) groups is 1. The number of sulfonamides is 1. The van der Waals surface area contributed by atoms with E-state index >= 15 is 0 Å². The number of hydrogen-bond donors (Lipinski definition) is 1. The number of benzene rings is 1. The molecule has 0 amide bonds. The van der Waals surface area contributed by atoms with Crippen LogP contribution in [0.2, 0.25) is 0 Å². The van der Waals surface area contributed by atoms with Crippen molar-refractivity contribution < 1.29 is 31.8 Å². The van der Waals surface area contributed by atoms with Crippen molar-refractivity contribution in [2.75, 3.05) is 24.5 Å². The Hall–Kier alpha value is -1.97. The van der Waals surface area contributed by atoms with E-state index in [1.807, 2.05) is 6.92 Å². The summed E-state index contributed by atoms with van der Waals surface area (Å²) in [5, 5.41) is -1.13. The molecular weight excluding hydrogens is 413 g/mol. The van der Waals surface area contributed by atoms with Gasteiger partial charge < -0.3 is 14.2 Å². The number of anilines is 1. The third-order valence-corrected chi connectivity index (χ3v) is 7.00. The van der Waals surface area contributed by atoms with Crippen LogP contribution in [-0.4, -0.2) is 45.2 Å². The van der Waals surface area contributed by atoms with Gasteiger partial charge in [0.15, 0.2) is 5.79 Å². The highest BCUT2D eigenvalue weighted by atomic mass is 32.2. The topological polar surface area (TPSA) is 90.9 Å². The lowest BCUT2D eigenvalue weighted by Gasteiger charge is -2.33. The first-order chi connectivity index (χ1) is 14.3. The van der Waals surface area contributed by atoms with Crippen molar-refractivity contribution in [3.8, 4) is 0 Å². The minimum absolute atomic E-state index is 0.00489. The van der Waals surface area contributed by atoms with E-state index in [2.05, 4.69) is 4.72 Å². The van der Waals surface area contributed by atoms with Crippen molar-refractivity contribution in [3.63, 3.8) is 0 Å². The highest BCUT2D eigenvalue weighted by Gasteiger charge is 2.46. The van der Waals surface area contributed by atoms with Crippen molar-refractivity contribution in [1.82, 2.24) is 0 Å². The third kappa shape index (κ3) is 5.01. The average Bonchev–Trinajstić information content (AvgIpc) is 3.15. The zero-order valence-electron chi connectivity index (χ0n) is 17.3. The maximum atomic E-state index is 13.7. The number of carbonyl (C=O) groups excluding carboxylic acids is 1. The van der Waals surface area contributed by atoms with Crippen LogP contribution in [-0.2, 0) is 35.4 Å². The Bertz CT molecular complexity index is 908. The molecule has 1 unspecified atom stereocenters. The van der Waals surface area contributed by atoms with Gasteiger partial charge in [-0.1, -0.05) is 13.3 Å². The van der Waals surface area contributed by atoms with Crippen LogP contribution >= 0.6 is 0 Å². The highest BCUT2D eigenvalue weighted by molar-refractivity contribution is 7.93. The minimum Gasteiger partial charge on any atom is -0.463 e. The van der Waals surface area contributed by atoms with Crippen LogP contribution in [0.1, 0.15) is 45.1 Å². The number of esters is 1. The predicted octanol–water partition coefficient (Wildman–Crippen LogP) is 3.31. The second-order valence-electron chi connectivity index (χ2n) is 7.41. The minimum atomic E-state index is -4.01. The van der Waals surface area contributed by atoms with Crippen LogP contribution in [0, 0.1) is 5.82 Å². The van der Waals surface area contributed by atoms with E-state index in [0.717, 1.165) is 12.8 Å². The Morgan fingerprint density at radius 3 is 2.70 bits per heavy atom. The molecule has 1 N–H and O–H groups in total. The van der Waals surface area contributed by atoms with Gasteiger partial charge >= 0.3 is 5.97 Å². The smallest absolute Gasteiger partial charge is 0.335 e. The van der Waals surface area contributed by atoms with Gasteiger partial charge in [-0.25, -0.2) is 17.6 Å². The fourth-order valence-corrected chi connectivity index (χ4v) is 5.35. The summed E-state index contributed by atoms with van der Waals surface area (Å²) in [7, 11) is -4.01. The Morgan fingerprint density at radius 2 is 2.03 bits per heavy atom. The number of rotatable bonds is 8. The lowest BCUT2D eigenvalue weighted by molar-refractivity contribution is -0.143. The predicted molar refractivity (Wildman–Crippen MR) is 110 cm³/mol. The van der Waals surface area contributed by atoms with E-state index in [9.17, 15) is 17.6 Å². The van der Waals surface area contributed by atoms with Gasteiger partial charge in [0.1, 0.15) is 11.1 Å². The van der Waals surface area contributed by atoms with Gasteiger partial charge in [0.05, 0.1) is 31.1 Å². The van der Waals surface area contributed by atoms with Crippen LogP contribution in [0.25, 0.3) is 0 Å². The Kier molecular flexibility index (Phi) is 7.15. The largest absolute Gasteiger partial charge is 0.463 e. The zero-order chi connectivity index (χ0) is 21.8. The molecule has 0 aromatic heterocycles. The molecule has 1 fully saturated rings. The number of hydrogen-bond acceptors (Lipinski definition) is 6. The summed E-state index contributed by atoms with van der Waals surface area (Å²) in [4.78, 5) is 12.6. The maximum absolute atomic E-state index is 13.7. The van der Waals surface area contributed by atoms with E-state index < -0.39 is 32.8 Å². The summed E-state index contributed by atoms with van der Waals surface area (Å²) >= 11 is 0. The van der Waals surface area contributed by atoms with Gasteiger partial charge in [0, 0.05) is 6.42 Å². The van der Waals surface area contributed by atoms with Crippen LogP contribution in [0.5, 0.6) is 0 Å². The van der Waals surface area contributed by atoms with Crippen LogP contribution in [0.3, 0.4) is 0 Å². The fraction of sp³-hybridized carbons (Fsp3) is 0.571. The third-order valence-electron chi connectivity index (χ3n) is 5.26. The molecule has 166 valence electrons. The first-order valence-corrected chi connectivity index (χ1v) is 11.8. The van der Waals surface area contributed by atoms with Gasteiger partial charge in [0.2, 0.25) is 10.0 Å². The van der Waals surface area contributed by atoms with E-state index in [4.69, 9.17) is 14.2 Å². The molecule has 1 atom stereocenters. The fourth-order valence-electron chi connectivity index (χ4n) is 3.78. The SMILES string of the molecule is CCCCc1cc(F)ccc1NS(=O)(=O)C1CCC2(C=C1C(=O)OCC)OCCO2. The van der Waals surface area contributed by atoms with Crippen molar-refractivity contribution in [3.05, 3.63) is 41.2 Å². The van der Waals surface area contributed by atoms with E-state index in [-0.39, 0.29) is 18.6 Å². The molecule has 0 radical (unpaired) electrons. The number of ether oxygens (including phenoxy) is 3. The summed E-state index contributed by atoms with van der Waals surface area (Å²) in [5.74, 6) is -2.22. The summed E-state index contributed by atoms with van der Waals surface area (Å²) < 4.78 is 59.1. The molecule has 3 rings (SSSR count).